The van der Waals surface area contributed by atoms with E-state index < -0.39 is 6.09 Å². The number of amides is 3. The third-order valence-electron chi connectivity index (χ3n) is 8.04. The molecule has 5 rings (SSSR count). The molecule has 1 fully saturated rings. The quantitative estimate of drug-likeness (QED) is 0.402. The summed E-state index contributed by atoms with van der Waals surface area (Å²) >= 11 is 0. The van der Waals surface area contributed by atoms with E-state index in [4.69, 9.17) is 4.74 Å². The number of anilines is 3. The zero-order valence-corrected chi connectivity index (χ0v) is 25.6. The van der Waals surface area contributed by atoms with Crippen LogP contribution in [-0.4, -0.2) is 76.9 Å². The first kappa shape index (κ1) is 30.1. The minimum Gasteiger partial charge on any atom is -0.445 e. The van der Waals surface area contributed by atoms with Gasteiger partial charge in [0, 0.05) is 48.7 Å². The first-order valence-corrected chi connectivity index (χ1v) is 15.0. The first-order valence-electron chi connectivity index (χ1n) is 15.0. The van der Waals surface area contributed by atoms with Gasteiger partial charge in [0.05, 0.1) is 24.9 Å². The van der Waals surface area contributed by atoms with E-state index in [1.165, 1.54) is 0 Å². The van der Waals surface area contributed by atoms with Crippen molar-refractivity contribution in [1.82, 2.24) is 19.6 Å². The van der Waals surface area contributed by atoms with Gasteiger partial charge in [0.2, 0.25) is 0 Å². The molecule has 0 saturated carbocycles. The van der Waals surface area contributed by atoms with Gasteiger partial charge in [-0.3, -0.25) is 4.79 Å². The lowest BCUT2D eigenvalue weighted by molar-refractivity contribution is 0.102. The fourth-order valence-electron chi connectivity index (χ4n) is 5.55. The largest absolute Gasteiger partial charge is 0.445 e. The standard InChI is InChI=1S/C32H41N7O4/c1-6-22-9-8-10-23(7-2)28(22)33-31(41)38-19-26-27(20-38)39(32(42)43-21(3)4)35-29(26)34-30(40)24-11-13-25(14-12-24)37-17-15-36(5)16-18-37/h8-14,21H,6-7,15-20H2,1-5H3,(H,33,41)(H,34,35,40). The normalized spacial score (nSPS) is 15.0. The van der Waals surface area contributed by atoms with Crippen LogP contribution in [0.4, 0.5) is 26.8 Å². The molecule has 11 heteroatoms. The summed E-state index contributed by atoms with van der Waals surface area (Å²) in [5, 5.41) is 10.4. The second-order valence-electron chi connectivity index (χ2n) is 11.4. The number of nitrogens with one attached hydrogen (secondary N) is 2. The number of hydrogen-bond acceptors (Lipinski definition) is 7. The Hall–Kier alpha value is -4.38. The summed E-state index contributed by atoms with van der Waals surface area (Å²) in [5.41, 5.74) is 5.61. The second-order valence-corrected chi connectivity index (χ2v) is 11.4. The number of fused-ring (bicyclic) bond motifs is 1. The molecule has 0 spiro atoms. The van der Waals surface area contributed by atoms with Crippen LogP contribution in [-0.2, 0) is 30.7 Å². The molecule has 2 aliphatic rings. The van der Waals surface area contributed by atoms with Crippen LogP contribution in [0.1, 0.15) is 60.4 Å². The number of likely N-dealkylation sites (N-methyl/N-ethyl adjacent to an activating group) is 1. The SMILES string of the molecule is CCc1cccc(CC)c1NC(=O)N1Cc2c(NC(=O)c3ccc(N4CCN(C)CC4)cc3)nn(C(=O)OC(C)C)c2C1. The Kier molecular flexibility index (Phi) is 9.00. The summed E-state index contributed by atoms with van der Waals surface area (Å²) in [7, 11) is 2.12. The number of para-hydroxylation sites is 1. The van der Waals surface area contributed by atoms with Gasteiger partial charge in [0.25, 0.3) is 5.91 Å². The fraction of sp³-hybridized carbons (Fsp3) is 0.438. The van der Waals surface area contributed by atoms with Crippen molar-refractivity contribution in [1.29, 1.82) is 0 Å². The zero-order valence-electron chi connectivity index (χ0n) is 25.6. The zero-order chi connectivity index (χ0) is 30.7. The monoisotopic (exact) mass is 587 g/mol. The lowest BCUT2D eigenvalue weighted by atomic mass is 10.0. The van der Waals surface area contributed by atoms with Crippen molar-refractivity contribution in [3.63, 3.8) is 0 Å². The Bertz CT molecular complexity index is 1470. The van der Waals surface area contributed by atoms with Gasteiger partial charge in [0.1, 0.15) is 0 Å². The fourth-order valence-corrected chi connectivity index (χ4v) is 5.55. The lowest BCUT2D eigenvalue weighted by Gasteiger charge is -2.34. The molecular weight excluding hydrogens is 546 g/mol. The molecule has 3 amide bonds. The summed E-state index contributed by atoms with van der Waals surface area (Å²) in [6, 6.07) is 13.2. The molecule has 1 saturated heterocycles. The highest BCUT2D eigenvalue weighted by atomic mass is 16.6. The summed E-state index contributed by atoms with van der Waals surface area (Å²) in [5.74, 6) is -0.107. The minimum atomic E-state index is -0.657. The summed E-state index contributed by atoms with van der Waals surface area (Å²) in [6.45, 7) is 11.8. The van der Waals surface area contributed by atoms with Crippen LogP contribution < -0.4 is 15.5 Å². The molecule has 3 aromatic rings. The lowest BCUT2D eigenvalue weighted by Crippen LogP contribution is -2.44. The predicted molar refractivity (Wildman–Crippen MR) is 167 cm³/mol. The molecule has 2 N–H and O–H groups in total. The summed E-state index contributed by atoms with van der Waals surface area (Å²) in [4.78, 5) is 46.0. The Morgan fingerprint density at radius 3 is 2.16 bits per heavy atom. The number of aryl methyl sites for hydroxylation is 2. The van der Waals surface area contributed by atoms with Gasteiger partial charge in [-0.15, -0.1) is 5.10 Å². The Labute approximate surface area is 252 Å². The maximum atomic E-state index is 13.5. The number of urea groups is 1. The topological polar surface area (TPSA) is 112 Å². The number of carbonyl (C=O) groups is 3. The Balaban J connectivity index is 1.35. The average Bonchev–Trinajstić information content (AvgIpc) is 3.58. The number of nitrogens with zero attached hydrogens (tertiary/aromatic N) is 5. The Morgan fingerprint density at radius 1 is 0.907 bits per heavy atom. The van der Waals surface area contributed by atoms with Gasteiger partial charge in [-0.05, 0) is 69.1 Å². The van der Waals surface area contributed by atoms with Crippen molar-refractivity contribution in [3.8, 4) is 0 Å². The van der Waals surface area contributed by atoms with Crippen molar-refractivity contribution < 1.29 is 19.1 Å². The number of rotatable bonds is 7. The van der Waals surface area contributed by atoms with Gasteiger partial charge in [-0.1, -0.05) is 32.0 Å². The van der Waals surface area contributed by atoms with E-state index >= 15 is 0 Å². The highest BCUT2D eigenvalue weighted by Gasteiger charge is 2.34. The molecule has 2 aromatic carbocycles. The number of ether oxygens (including phenoxy) is 1. The van der Waals surface area contributed by atoms with Crippen LogP contribution in [0, 0.1) is 0 Å². The van der Waals surface area contributed by atoms with Crippen LogP contribution in [0.5, 0.6) is 0 Å². The highest BCUT2D eigenvalue weighted by molar-refractivity contribution is 6.04. The first-order chi connectivity index (χ1) is 20.7. The highest BCUT2D eigenvalue weighted by Crippen LogP contribution is 2.32. The summed E-state index contributed by atoms with van der Waals surface area (Å²) < 4.78 is 6.57. The molecule has 0 bridgehead atoms. The van der Waals surface area contributed by atoms with Gasteiger partial charge < -0.3 is 30.1 Å². The smallest absolute Gasteiger partial charge is 0.435 e. The molecule has 1 aromatic heterocycles. The van der Waals surface area contributed by atoms with Gasteiger partial charge >= 0.3 is 12.1 Å². The van der Waals surface area contributed by atoms with Gasteiger partial charge in [-0.2, -0.15) is 4.68 Å². The van der Waals surface area contributed by atoms with E-state index in [0.717, 1.165) is 66.2 Å². The third kappa shape index (κ3) is 6.51. The van der Waals surface area contributed by atoms with Crippen molar-refractivity contribution in [2.24, 2.45) is 0 Å². The van der Waals surface area contributed by atoms with Crippen LogP contribution in [0.3, 0.4) is 0 Å². The number of piperazine rings is 1. The number of benzene rings is 2. The van der Waals surface area contributed by atoms with Crippen LogP contribution in [0.2, 0.25) is 0 Å². The van der Waals surface area contributed by atoms with Crippen LogP contribution >= 0.6 is 0 Å². The molecule has 0 atom stereocenters. The maximum Gasteiger partial charge on any atom is 0.435 e. The molecule has 3 heterocycles. The van der Waals surface area contributed by atoms with E-state index in [1.807, 2.05) is 30.3 Å². The maximum absolute atomic E-state index is 13.5. The van der Waals surface area contributed by atoms with Crippen molar-refractivity contribution in [3.05, 3.63) is 70.4 Å². The van der Waals surface area contributed by atoms with Crippen molar-refractivity contribution in [2.75, 3.05) is 48.8 Å². The second kappa shape index (κ2) is 12.9. The van der Waals surface area contributed by atoms with E-state index in [0.29, 0.717) is 16.8 Å². The predicted octanol–water partition coefficient (Wildman–Crippen LogP) is 4.95. The van der Waals surface area contributed by atoms with Crippen LogP contribution in [0.15, 0.2) is 42.5 Å². The third-order valence-corrected chi connectivity index (χ3v) is 8.04. The molecule has 228 valence electrons. The van der Waals surface area contributed by atoms with E-state index in [1.54, 1.807) is 30.9 Å². The Morgan fingerprint density at radius 2 is 1.56 bits per heavy atom. The molecular formula is C32H41N7O4. The summed E-state index contributed by atoms with van der Waals surface area (Å²) in [6.07, 6.45) is 0.552. The average molecular weight is 588 g/mol. The minimum absolute atomic E-state index is 0.146. The molecule has 0 aliphatic carbocycles. The molecule has 2 aliphatic heterocycles. The van der Waals surface area contributed by atoms with E-state index in [2.05, 4.69) is 46.4 Å². The molecule has 43 heavy (non-hydrogen) atoms. The number of aromatic nitrogens is 2. The molecule has 0 radical (unpaired) electrons. The van der Waals surface area contributed by atoms with Gasteiger partial charge in [-0.25, -0.2) is 9.59 Å². The van der Waals surface area contributed by atoms with Crippen molar-refractivity contribution in [2.45, 2.75) is 59.7 Å². The van der Waals surface area contributed by atoms with E-state index in [-0.39, 0.29) is 36.9 Å². The van der Waals surface area contributed by atoms with Gasteiger partial charge in [0.15, 0.2) is 5.82 Å². The van der Waals surface area contributed by atoms with Crippen molar-refractivity contribution >= 4 is 35.2 Å². The van der Waals surface area contributed by atoms with Crippen LogP contribution in [0.25, 0.3) is 0 Å². The van der Waals surface area contributed by atoms with E-state index in [9.17, 15) is 14.4 Å². The number of hydrogen-bond donors (Lipinski definition) is 2. The molecule has 0 unspecified atom stereocenters. The number of carbonyl (C=O) groups excluding carboxylic acids is 3. The molecule has 11 nitrogen and oxygen atoms in total.